The molecule has 0 saturated heterocycles. The molecule has 0 saturated carbocycles. The van der Waals surface area contributed by atoms with Crippen molar-refractivity contribution >= 4 is 17.5 Å². The average molecular weight is 354 g/mol. The van der Waals surface area contributed by atoms with Crippen LogP contribution < -0.4 is 4.74 Å². The van der Waals surface area contributed by atoms with Crippen molar-refractivity contribution in [3.8, 4) is 17.2 Å². The second-order valence-corrected chi connectivity index (χ2v) is 6.33. The summed E-state index contributed by atoms with van der Waals surface area (Å²) in [7, 11) is 0. The summed E-state index contributed by atoms with van der Waals surface area (Å²) < 4.78 is 11.0. The van der Waals surface area contributed by atoms with E-state index in [0.717, 1.165) is 11.3 Å². The van der Waals surface area contributed by atoms with Crippen molar-refractivity contribution in [2.24, 2.45) is 0 Å². The maximum absolute atomic E-state index is 12.2. The Morgan fingerprint density at radius 3 is 2.48 bits per heavy atom. The molecule has 1 aromatic heterocycles. The van der Waals surface area contributed by atoms with Crippen molar-refractivity contribution in [2.75, 3.05) is 12.4 Å². The molecule has 3 rings (SSSR count). The highest BCUT2D eigenvalue weighted by Crippen LogP contribution is 2.24. The summed E-state index contributed by atoms with van der Waals surface area (Å²) in [5.41, 5.74) is 2.66. The number of aromatic nitrogens is 2. The van der Waals surface area contributed by atoms with E-state index >= 15 is 0 Å². The zero-order valence-electron chi connectivity index (χ0n) is 14.1. The maximum atomic E-state index is 12.2. The number of Topliss-reactive ketones (excluding diaryl/α,β-unsaturated/α-hetero) is 1. The molecular weight excluding hydrogens is 336 g/mol. The van der Waals surface area contributed by atoms with Crippen LogP contribution in [0.3, 0.4) is 0 Å². The standard InChI is InChI=1S/C19H18N2O3S/c1-3-23-16-10-8-14(9-11-16)17(22)12-25-19-21-20-18(24-19)15-6-4-13(2)5-7-15/h4-11H,3,12H2,1-2H3. The fourth-order valence-electron chi connectivity index (χ4n) is 2.20. The van der Waals surface area contributed by atoms with Gasteiger partial charge in [0, 0.05) is 11.1 Å². The predicted octanol–water partition coefficient (Wildman–Crippen LogP) is 4.42. The number of carbonyl (C=O) groups is 1. The molecule has 3 aromatic rings. The third-order valence-electron chi connectivity index (χ3n) is 3.52. The van der Waals surface area contributed by atoms with E-state index in [0.29, 0.717) is 23.3 Å². The number of nitrogens with zero attached hydrogens (tertiary/aromatic N) is 2. The molecule has 0 bridgehead atoms. The first kappa shape index (κ1) is 17.2. The van der Waals surface area contributed by atoms with Gasteiger partial charge in [0.15, 0.2) is 5.78 Å². The Hall–Kier alpha value is -2.60. The minimum atomic E-state index is 0.00290. The lowest BCUT2D eigenvalue weighted by molar-refractivity contribution is 0.102. The number of ether oxygens (including phenoxy) is 1. The number of ketones is 1. The number of rotatable bonds is 7. The average Bonchev–Trinajstić information content (AvgIpc) is 3.10. The van der Waals surface area contributed by atoms with Crippen LogP contribution in [0.5, 0.6) is 5.75 Å². The van der Waals surface area contributed by atoms with Crippen LogP contribution in [0.4, 0.5) is 0 Å². The number of hydrogen-bond acceptors (Lipinski definition) is 6. The number of benzene rings is 2. The monoisotopic (exact) mass is 354 g/mol. The van der Waals surface area contributed by atoms with Crippen molar-refractivity contribution < 1.29 is 13.9 Å². The molecule has 0 amide bonds. The minimum Gasteiger partial charge on any atom is -0.494 e. The Balaban J connectivity index is 1.60. The van der Waals surface area contributed by atoms with Gasteiger partial charge < -0.3 is 9.15 Å². The highest BCUT2D eigenvalue weighted by atomic mass is 32.2. The maximum Gasteiger partial charge on any atom is 0.277 e. The van der Waals surface area contributed by atoms with Gasteiger partial charge in [-0.1, -0.05) is 29.5 Å². The van der Waals surface area contributed by atoms with E-state index in [1.165, 1.54) is 17.3 Å². The van der Waals surface area contributed by atoms with Gasteiger partial charge in [0.05, 0.1) is 12.4 Å². The highest BCUT2D eigenvalue weighted by Gasteiger charge is 2.12. The minimum absolute atomic E-state index is 0.00290. The van der Waals surface area contributed by atoms with Gasteiger partial charge in [-0.3, -0.25) is 4.79 Å². The molecule has 0 unspecified atom stereocenters. The van der Waals surface area contributed by atoms with E-state index in [9.17, 15) is 4.79 Å². The molecule has 5 nitrogen and oxygen atoms in total. The van der Waals surface area contributed by atoms with Crippen LogP contribution in [0.2, 0.25) is 0 Å². The summed E-state index contributed by atoms with van der Waals surface area (Å²) >= 11 is 1.24. The van der Waals surface area contributed by atoms with Gasteiger partial charge in [-0.05, 0) is 50.2 Å². The van der Waals surface area contributed by atoms with Crippen LogP contribution in [0.15, 0.2) is 58.2 Å². The zero-order valence-corrected chi connectivity index (χ0v) is 14.9. The van der Waals surface area contributed by atoms with Crippen molar-refractivity contribution in [1.29, 1.82) is 0 Å². The van der Waals surface area contributed by atoms with Crippen molar-refractivity contribution in [1.82, 2.24) is 10.2 Å². The number of hydrogen-bond donors (Lipinski definition) is 0. The first-order chi connectivity index (χ1) is 12.2. The first-order valence-electron chi connectivity index (χ1n) is 7.95. The van der Waals surface area contributed by atoms with Gasteiger partial charge in [0.25, 0.3) is 5.22 Å². The molecule has 0 radical (unpaired) electrons. The number of carbonyl (C=O) groups excluding carboxylic acids is 1. The van der Waals surface area contributed by atoms with Gasteiger partial charge in [0.2, 0.25) is 5.89 Å². The second-order valence-electron chi connectivity index (χ2n) is 5.41. The lowest BCUT2D eigenvalue weighted by Crippen LogP contribution is -2.02. The molecule has 0 atom stereocenters. The molecule has 128 valence electrons. The van der Waals surface area contributed by atoms with Crippen LogP contribution in [-0.4, -0.2) is 28.3 Å². The molecular formula is C19H18N2O3S. The Kier molecular flexibility index (Phi) is 5.50. The summed E-state index contributed by atoms with van der Waals surface area (Å²) in [4.78, 5) is 12.2. The first-order valence-corrected chi connectivity index (χ1v) is 8.93. The fraction of sp³-hybridized carbons (Fsp3) is 0.211. The summed E-state index contributed by atoms with van der Waals surface area (Å²) in [6.45, 7) is 4.54. The number of thioether (sulfide) groups is 1. The largest absolute Gasteiger partial charge is 0.494 e. The van der Waals surface area contributed by atoms with E-state index < -0.39 is 0 Å². The Morgan fingerprint density at radius 1 is 1.08 bits per heavy atom. The van der Waals surface area contributed by atoms with Gasteiger partial charge in [-0.15, -0.1) is 10.2 Å². The Labute approximate surface area is 150 Å². The van der Waals surface area contributed by atoms with Crippen LogP contribution in [0.25, 0.3) is 11.5 Å². The van der Waals surface area contributed by atoms with E-state index in [1.807, 2.05) is 38.1 Å². The van der Waals surface area contributed by atoms with Gasteiger partial charge in [0.1, 0.15) is 5.75 Å². The Morgan fingerprint density at radius 2 is 1.80 bits per heavy atom. The van der Waals surface area contributed by atoms with Crippen LogP contribution in [0.1, 0.15) is 22.8 Å². The topological polar surface area (TPSA) is 65.2 Å². The van der Waals surface area contributed by atoms with E-state index in [2.05, 4.69) is 10.2 Å². The van der Waals surface area contributed by atoms with Gasteiger partial charge in [-0.2, -0.15) is 0 Å². The SMILES string of the molecule is CCOc1ccc(C(=O)CSc2nnc(-c3ccc(C)cc3)o2)cc1. The molecule has 0 N–H and O–H groups in total. The van der Waals surface area contributed by atoms with Crippen LogP contribution >= 0.6 is 11.8 Å². The molecule has 6 heteroatoms. The summed E-state index contributed by atoms with van der Waals surface area (Å²) in [5.74, 6) is 1.45. The third-order valence-corrected chi connectivity index (χ3v) is 4.34. The number of aryl methyl sites for hydroxylation is 1. The van der Waals surface area contributed by atoms with Crippen molar-refractivity contribution in [3.05, 3.63) is 59.7 Å². The molecule has 0 aliphatic rings. The summed E-state index contributed by atoms with van der Waals surface area (Å²) in [6.07, 6.45) is 0. The summed E-state index contributed by atoms with van der Waals surface area (Å²) in [5, 5.41) is 8.41. The quantitative estimate of drug-likeness (QED) is 0.462. The predicted molar refractivity (Wildman–Crippen MR) is 97.1 cm³/mol. The van der Waals surface area contributed by atoms with Gasteiger partial charge in [-0.25, -0.2) is 0 Å². The molecule has 0 aliphatic heterocycles. The van der Waals surface area contributed by atoms with Crippen LogP contribution in [-0.2, 0) is 0 Å². The molecule has 0 spiro atoms. The molecule has 0 fully saturated rings. The van der Waals surface area contributed by atoms with E-state index in [-0.39, 0.29) is 11.5 Å². The van der Waals surface area contributed by atoms with Gasteiger partial charge >= 0.3 is 0 Å². The van der Waals surface area contributed by atoms with E-state index in [1.54, 1.807) is 24.3 Å². The van der Waals surface area contributed by atoms with Crippen molar-refractivity contribution in [3.63, 3.8) is 0 Å². The molecule has 0 aliphatic carbocycles. The highest BCUT2D eigenvalue weighted by molar-refractivity contribution is 7.99. The third kappa shape index (κ3) is 4.48. The smallest absolute Gasteiger partial charge is 0.277 e. The molecule has 25 heavy (non-hydrogen) atoms. The fourth-order valence-corrected chi connectivity index (χ4v) is 2.85. The zero-order chi connectivity index (χ0) is 17.6. The Bertz CT molecular complexity index is 842. The second kappa shape index (κ2) is 7.98. The normalized spacial score (nSPS) is 10.6. The van der Waals surface area contributed by atoms with E-state index in [4.69, 9.17) is 9.15 Å². The molecule has 1 heterocycles. The lowest BCUT2D eigenvalue weighted by Gasteiger charge is -2.03. The molecule has 2 aromatic carbocycles. The lowest BCUT2D eigenvalue weighted by atomic mass is 10.1. The van der Waals surface area contributed by atoms with Crippen molar-refractivity contribution in [2.45, 2.75) is 19.1 Å². The van der Waals surface area contributed by atoms with Crippen LogP contribution in [0, 0.1) is 6.92 Å². The summed E-state index contributed by atoms with van der Waals surface area (Å²) in [6, 6.07) is 15.0.